The second kappa shape index (κ2) is 5.81. The van der Waals surface area contributed by atoms with Crippen molar-refractivity contribution in [1.82, 2.24) is 15.2 Å². The Bertz CT molecular complexity index is 551. The molecule has 1 aromatic heterocycles. The van der Waals surface area contributed by atoms with Crippen LogP contribution in [0.1, 0.15) is 5.56 Å². The first-order valence-electron chi connectivity index (χ1n) is 5.56. The van der Waals surface area contributed by atoms with E-state index in [1.807, 2.05) is 24.3 Å². The normalized spacial score (nSPS) is 10.1. The van der Waals surface area contributed by atoms with Crippen LogP contribution < -0.4 is 15.7 Å². The van der Waals surface area contributed by atoms with Crippen molar-refractivity contribution in [2.24, 2.45) is 0 Å². The van der Waals surface area contributed by atoms with Crippen molar-refractivity contribution in [1.29, 1.82) is 0 Å². The van der Waals surface area contributed by atoms with Crippen molar-refractivity contribution in [3.8, 4) is 5.75 Å². The highest BCUT2D eigenvalue weighted by Gasteiger charge is 1.97. The van der Waals surface area contributed by atoms with Crippen LogP contribution in [0.3, 0.4) is 0 Å². The van der Waals surface area contributed by atoms with E-state index in [0.29, 0.717) is 12.4 Å². The lowest BCUT2D eigenvalue weighted by atomic mass is 10.1. The molecule has 0 bridgehead atoms. The predicted octanol–water partition coefficient (Wildman–Crippen LogP) is 0.828. The Morgan fingerprint density at radius 3 is 2.78 bits per heavy atom. The second-order valence-corrected chi connectivity index (χ2v) is 3.70. The number of hydrogen-bond acceptors (Lipinski definition) is 5. The van der Waals surface area contributed by atoms with E-state index in [2.05, 4.69) is 20.5 Å². The van der Waals surface area contributed by atoms with Gasteiger partial charge >= 0.3 is 5.69 Å². The van der Waals surface area contributed by atoms with Crippen LogP contribution in [0, 0.1) is 0 Å². The van der Waals surface area contributed by atoms with E-state index in [1.54, 1.807) is 7.11 Å². The number of anilines is 1. The third-order valence-corrected chi connectivity index (χ3v) is 2.45. The number of nitrogens with one attached hydrogen (secondary N) is 2. The Kier molecular flexibility index (Phi) is 3.90. The van der Waals surface area contributed by atoms with Gasteiger partial charge in [0.05, 0.1) is 13.3 Å². The van der Waals surface area contributed by atoms with Gasteiger partial charge in [-0.2, -0.15) is 10.1 Å². The van der Waals surface area contributed by atoms with Gasteiger partial charge in [-0.25, -0.2) is 9.89 Å². The zero-order valence-electron chi connectivity index (χ0n) is 10.0. The van der Waals surface area contributed by atoms with Gasteiger partial charge in [0, 0.05) is 6.54 Å². The molecule has 6 nitrogen and oxygen atoms in total. The van der Waals surface area contributed by atoms with Crippen molar-refractivity contribution in [2.45, 2.75) is 6.42 Å². The first kappa shape index (κ1) is 12.1. The Morgan fingerprint density at radius 1 is 1.33 bits per heavy atom. The van der Waals surface area contributed by atoms with Crippen LogP contribution in [0.25, 0.3) is 0 Å². The molecule has 0 aliphatic carbocycles. The van der Waals surface area contributed by atoms with Crippen molar-refractivity contribution < 1.29 is 4.74 Å². The van der Waals surface area contributed by atoms with Crippen molar-refractivity contribution in [2.75, 3.05) is 19.0 Å². The minimum atomic E-state index is -0.454. The molecule has 1 heterocycles. The summed E-state index contributed by atoms with van der Waals surface area (Å²) in [5.74, 6) is 1.32. The summed E-state index contributed by atoms with van der Waals surface area (Å²) in [7, 11) is 1.64. The van der Waals surface area contributed by atoms with E-state index >= 15 is 0 Å². The minimum Gasteiger partial charge on any atom is -0.497 e. The average molecular weight is 246 g/mol. The molecule has 0 atom stereocenters. The number of H-pyrrole nitrogens is 1. The first-order valence-corrected chi connectivity index (χ1v) is 5.56. The fraction of sp³-hybridized carbons (Fsp3) is 0.250. The Hall–Kier alpha value is -2.37. The summed E-state index contributed by atoms with van der Waals surface area (Å²) in [6, 6.07) is 7.85. The number of rotatable bonds is 5. The van der Waals surface area contributed by atoms with E-state index in [0.717, 1.165) is 12.2 Å². The molecule has 1 aromatic carbocycles. The van der Waals surface area contributed by atoms with Gasteiger partial charge in [0.25, 0.3) is 0 Å². The zero-order chi connectivity index (χ0) is 12.8. The molecule has 2 aromatic rings. The maximum atomic E-state index is 10.9. The largest absolute Gasteiger partial charge is 0.497 e. The zero-order valence-corrected chi connectivity index (χ0v) is 10.0. The number of hydrogen-bond donors (Lipinski definition) is 2. The Morgan fingerprint density at radius 2 is 2.11 bits per heavy atom. The molecule has 0 saturated heterocycles. The molecule has 94 valence electrons. The van der Waals surface area contributed by atoms with Gasteiger partial charge < -0.3 is 10.1 Å². The lowest BCUT2D eigenvalue weighted by molar-refractivity contribution is 0.414. The number of methoxy groups -OCH3 is 1. The predicted molar refractivity (Wildman–Crippen MR) is 67.8 cm³/mol. The van der Waals surface area contributed by atoms with Crippen molar-refractivity contribution >= 4 is 5.82 Å². The Balaban J connectivity index is 1.86. The van der Waals surface area contributed by atoms with E-state index < -0.39 is 5.69 Å². The molecule has 2 rings (SSSR count). The molecule has 18 heavy (non-hydrogen) atoms. The lowest BCUT2D eigenvalue weighted by Gasteiger charge is -2.05. The van der Waals surface area contributed by atoms with Gasteiger partial charge in [-0.15, -0.1) is 0 Å². The first-order chi connectivity index (χ1) is 8.78. The van der Waals surface area contributed by atoms with Crippen LogP contribution >= 0.6 is 0 Å². The molecule has 6 heteroatoms. The fourth-order valence-electron chi connectivity index (χ4n) is 1.52. The molecule has 0 aliphatic heterocycles. The highest BCUT2D eigenvalue weighted by Crippen LogP contribution is 2.11. The summed E-state index contributed by atoms with van der Waals surface area (Å²) in [6.45, 7) is 0.685. The van der Waals surface area contributed by atoms with Gasteiger partial charge in [0.15, 0.2) is 5.82 Å². The minimum absolute atomic E-state index is 0.454. The van der Waals surface area contributed by atoms with Gasteiger partial charge in [0.1, 0.15) is 5.75 Å². The van der Waals surface area contributed by atoms with Crippen LogP contribution in [0.5, 0.6) is 5.75 Å². The van der Waals surface area contributed by atoms with Gasteiger partial charge in [-0.1, -0.05) is 12.1 Å². The molecule has 0 saturated carbocycles. The van der Waals surface area contributed by atoms with Crippen LogP contribution in [-0.4, -0.2) is 28.8 Å². The third kappa shape index (κ3) is 3.31. The van der Waals surface area contributed by atoms with E-state index in [1.165, 1.54) is 11.8 Å². The van der Waals surface area contributed by atoms with Crippen LogP contribution in [0.2, 0.25) is 0 Å². The van der Waals surface area contributed by atoms with Gasteiger partial charge in [-0.05, 0) is 24.1 Å². The summed E-state index contributed by atoms with van der Waals surface area (Å²) in [4.78, 5) is 14.6. The van der Waals surface area contributed by atoms with Gasteiger partial charge in [-0.3, -0.25) is 0 Å². The molecule has 0 fully saturated rings. The highest BCUT2D eigenvalue weighted by atomic mass is 16.5. The van der Waals surface area contributed by atoms with E-state index in [9.17, 15) is 4.79 Å². The summed E-state index contributed by atoms with van der Waals surface area (Å²) in [5.41, 5.74) is 0.727. The van der Waals surface area contributed by atoms with Gasteiger partial charge in [0.2, 0.25) is 0 Å². The molecule has 0 spiro atoms. The third-order valence-electron chi connectivity index (χ3n) is 2.45. The number of benzene rings is 1. The summed E-state index contributed by atoms with van der Waals surface area (Å²) < 4.78 is 5.08. The second-order valence-electron chi connectivity index (χ2n) is 3.70. The lowest BCUT2D eigenvalue weighted by Crippen LogP contribution is -2.15. The molecule has 0 unspecified atom stereocenters. The monoisotopic (exact) mass is 246 g/mol. The van der Waals surface area contributed by atoms with Crippen LogP contribution in [0.15, 0.2) is 35.3 Å². The van der Waals surface area contributed by atoms with E-state index in [4.69, 9.17) is 4.74 Å². The average Bonchev–Trinajstić information content (AvgIpc) is 2.40. The maximum absolute atomic E-state index is 10.9. The van der Waals surface area contributed by atoms with Crippen molar-refractivity contribution in [3.63, 3.8) is 0 Å². The number of ether oxygens (including phenoxy) is 1. The molecule has 0 radical (unpaired) electrons. The van der Waals surface area contributed by atoms with Crippen LogP contribution in [-0.2, 0) is 6.42 Å². The maximum Gasteiger partial charge on any atom is 0.363 e. The molecule has 0 amide bonds. The fourth-order valence-corrected chi connectivity index (χ4v) is 1.52. The quantitative estimate of drug-likeness (QED) is 0.816. The van der Waals surface area contributed by atoms with E-state index in [-0.39, 0.29) is 0 Å². The molecule has 0 aliphatic rings. The summed E-state index contributed by atoms with van der Waals surface area (Å²) in [6.07, 6.45) is 2.31. The summed E-state index contributed by atoms with van der Waals surface area (Å²) >= 11 is 0. The topological polar surface area (TPSA) is 79.9 Å². The standard InChI is InChI=1S/C12H14N4O2/c1-18-10-4-2-9(3-5-10)6-7-13-11-8-14-16-12(17)15-11/h2-5,8H,6-7H2,1H3,(H2,13,15,16,17). The number of nitrogens with zero attached hydrogens (tertiary/aromatic N) is 2. The summed E-state index contributed by atoms with van der Waals surface area (Å²) in [5, 5.41) is 8.91. The van der Waals surface area contributed by atoms with Crippen molar-refractivity contribution in [3.05, 3.63) is 46.5 Å². The molecular formula is C12H14N4O2. The smallest absolute Gasteiger partial charge is 0.363 e. The molecule has 2 N–H and O–H groups in total. The van der Waals surface area contributed by atoms with Crippen LogP contribution in [0.4, 0.5) is 5.82 Å². The molecular weight excluding hydrogens is 232 g/mol. The number of aromatic amines is 1. The SMILES string of the molecule is COc1ccc(CCNc2cn[nH]c(=O)n2)cc1. The Labute approximate surface area is 104 Å². The highest BCUT2D eigenvalue weighted by molar-refractivity contribution is 5.31. The number of aromatic nitrogens is 3.